The van der Waals surface area contributed by atoms with Gasteiger partial charge in [-0.15, -0.1) is 0 Å². The molecule has 0 aliphatic carbocycles. The number of H-pyrrole nitrogens is 1. The standard InChI is InChI=1S/C8H11IN2O4/c9-6-5-11(1-3-15-4-2-12)8(14)10-7(6)13/h5,12H,1-4H2,(H,10,13,14). The van der Waals surface area contributed by atoms with Crippen LogP contribution < -0.4 is 11.2 Å². The number of rotatable bonds is 5. The van der Waals surface area contributed by atoms with Crippen LogP contribution in [0.5, 0.6) is 0 Å². The molecule has 1 rings (SSSR count). The molecule has 0 spiro atoms. The van der Waals surface area contributed by atoms with Crippen molar-refractivity contribution in [2.24, 2.45) is 0 Å². The molecule has 0 aromatic carbocycles. The van der Waals surface area contributed by atoms with Gasteiger partial charge < -0.3 is 9.84 Å². The Hall–Kier alpha value is -0.670. The minimum Gasteiger partial charge on any atom is -0.394 e. The van der Waals surface area contributed by atoms with Crippen molar-refractivity contribution in [3.05, 3.63) is 30.6 Å². The molecule has 6 nitrogen and oxygen atoms in total. The number of nitrogens with zero attached hydrogens (tertiary/aromatic N) is 1. The Labute approximate surface area is 99.0 Å². The molecular weight excluding hydrogens is 315 g/mol. The summed E-state index contributed by atoms with van der Waals surface area (Å²) in [6.07, 6.45) is 1.48. The lowest BCUT2D eigenvalue weighted by atomic mass is 10.6. The topological polar surface area (TPSA) is 84.3 Å². The van der Waals surface area contributed by atoms with Crippen LogP contribution in [-0.2, 0) is 11.3 Å². The van der Waals surface area contributed by atoms with Crippen molar-refractivity contribution >= 4 is 22.6 Å². The Morgan fingerprint density at radius 1 is 1.47 bits per heavy atom. The molecule has 0 unspecified atom stereocenters. The van der Waals surface area contributed by atoms with Gasteiger partial charge in [-0.3, -0.25) is 14.3 Å². The predicted octanol–water partition coefficient (Wildman–Crippen LogP) is -0.850. The second-order valence-corrected chi connectivity index (χ2v) is 3.93. The molecule has 7 heteroatoms. The maximum Gasteiger partial charge on any atom is 0.328 e. The van der Waals surface area contributed by atoms with E-state index in [2.05, 4.69) is 4.98 Å². The van der Waals surface area contributed by atoms with E-state index in [-0.39, 0.29) is 18.8 Å². The fraction of sp³-hybridized carbons (Fsp3) is 0.500. The van der Waals surface area contributed by atoms with Crippen LogP contribution in [0.2, 0.25) is 0 Å². The Bertz CT molecular complexity index is 425. The Kier molecular flexibility index (Phi) is 4.99. The molecule has 0 bridgehead atoms. The van der Waals surface area contributed by atoms with Crippen molar-refractivity contribution in [1.82, 2.24) is 9.55 Å². The first-order chi connectivity index (χ1) is 7.15. The summed E-state index contributed by atoms with van der Waals surface area (Å²) < 4.78 is 6.82. The molecule has 1 heterocycles. The highest BCUT2D eigenvalue weighted by Crippen LogP contribution is 1.92. The largest absolute Gasteiger partial charge is 0.394 e. The molecule has 0 aliphatic heterocycles. The maximum atomic E-state index is 11.3. The van der Waals surface area contributed by atoms with Crippen LogP contribution in [0, 0.1) is 3.57 Å². The highest BCUT2D eigenvalue weighted by Gasteiger charge is 2.01. The van der Waals surface area contributed by atoms with E-state index in [4.69, 9.17) is 9.84 Å². The lowest BCUT2D eigenvalue weighted by Gasteiger charge is -2.05. The van der Waals surface area contributed by atoms with Gasteiger partial charge >= 0.3 is 5.69 Å². The number of hydrogen-bond donors (Lipinski definition) is 2. The van der Waals surface area contributed by atoms with Gasteiger partial charge in [-0.25, -0.2) is 4.79 Å². The SMILES string of the molecule is O=c1[nH]c(=O)n(CCOCCO)cc1I. The molecule has 0 atom stereocenters. The molecule has 0 amide bonds. The van der Waals surface area contributed by atoms with Crippen LogP contribution in [0.15, 0.2) is 15.8 Å². The van der Waals surface area contributed by atoms with Gasteiger partial charge in [0.1, 0.15) is 0 Å². The lowest BCUT2D eigenvalue weighted by molar-refractivity contribution is 0.0863. The van der Waals surface area contributed by atoms with E-state index in [1.807, 2.05) is 22.6 Å². The van der Waals surface area contributed by atoms with Crippen LogP contribution in [0.4, 0.5) is 0 Å². The van der Waals surface area contributed by atoms with Gasteiger partial charge in [-0.05, 0) is 22.6 Å². The van der Waals surface area contributed by atoms with Crippen molar-refractivity contribution < 1.29 is 9.84 Å². The third kappa shape index (κ3) is 3.76. The van der Waals surface area contributed by atoms with Crippen LogP contribution in [0.3, 0.4) is 0 Å². The third-order valence-corrected chi connectivity index (χ3v) is 2.45. The summed E-state index contributed by atoms with van der Waals surface area (Å²) >= 11 is 1.85. The van der Waals surface area contributed by atoms with E-state index in [1.54, 1.807) is 0 Å². The quantitative estimate of drug-likeness (QED) is 0.545. The summed E-state index contributed by atoms with van der Waals surface area (Å²) in [4.78, 5) is 24.5. The number of halogens is 1. The summed E-state index contributed by atoms with van der Waals surface area (Å²) in [7, 11) is 0. The fourth-order valence-electron chi connectivity index (χ4n) is 0.978. The molecule has 0 fully saturated rings. The van der Waals surface area contributed by atoms with Crippen LogP contribution in [0.25, 0.3) is 0 Å². The second-order valence-electron chi connectivity index (χ2n) is 2.77. The van der Waals surface area contributed by atoms with E-state index in [0.717, 1.165) is 0 Å². The van der Waals surface area contributed by atoms with Gasteiger partial charge in [0.2, 0.25) is 0 Å². The van der Waals surface area contributed by atoms with Gasteiger partial charge in [-0.1, -0.05) is 0 Å². The summed E-state index contributed by atoms with van der Waals surface area (Å²) in [5.74, 6) is 0. The number of aliphatic hydroxyl groups excluding tert-OH is 1. The van der Waals surface area contributed by atoms with Gasteiger partial charge in [-0.2, -0.15) is 0 Å². The number of aromatic nitrogens is 2. The maximum absolute atomic E-state index is 11.3. The first-order valence-electron chi connectivity index (χ1n) is 4.33. The summed E-state index contributed by atoms with van der Waals surface area (Å²) in [5.41, 5.74) is -0.832. The van der Waals surface area contributed by atoms with Crippen LogP contribution >= 0.6 is 22.6 Å². The smallest absolute Gasteiger partial charge is 0.328 e. The summed E-state index contributed by atoms with van der Waals surface area (Å²) in [6.45, 7) is 0.876. The first kappa shape index (κ1) is 12.4. The average Bonchev–Trinajstić information content (AvgIpc) is 2.20. The molecule has 1 aromatic rings. The Morgan fingerprint density at radius 2 is 2.20 bits per heavy atom. The molecule has 0 aliphatic rings. The van der Waals surface area contributed by atoms with Crippen LogP contribution in [0.1, 0.15) is 0 Å². The van der Waals surface area contributed by atoms with Gasteiger partial charge in [0.15, 0.2) is 0 Å². The Morgan fingerprint density at radius 3 is 2.87 bits per heavy atom. The highest BCUT2D eigenvalue weighted by molar-refractivity contribution is 14.1. The molecule has 0 saturated carbocycles. The average molecular weight is 326 g/mol. The lowest BCUT2D eigenvalue weighted by Crippen LogP contribution is -2.32. The zero-order valence-corrected chi connectivity index (χ0v) is 10.1. The zero-order chi connectivity index (χ0) is 11.3. The van der Waals surface area contributed by atoms with Crippen LogP contribution in [-0.4, -0.2) is 34.5 Å². The van der Waals surface area contributed by atoms with Gasteiger partial charge in [0.25, 0.3) is 5.56 Å². The molecule has 2 N–H and O–H groups in total. The minimum absolute atomic E-state index is 0.0436. The molecule has 1 aromatic heterocycles. The van der Waals surface area contributed by atoms with E-state index in [0.29, 0.717) is 16.7 Å². The number of hydrogen-bond acceptors (Lipinski definition) is 4. The van der Waals surface area contributed by atoms with Gasteiger partial charge in [0, 0.05) is 6.20 Å². The summed E-state index contributed by atoms with van der Waals surface area (Å²) in [6, 6.07) is 0. The number of nitrogens with one attached hydrogen (secondary N) is 1. The van der Waals surface area contributed by atoms with E-state index < -0.39 is 5.69 Å². The molecule has 15 heavy (non-hydrogen) atoms. The third-order valence-electron chi connectivity index (χ3n) is 1.68. The Balaban J connectivity index is 2.66. The highest BCUT2D eigenvalue weighted by atomic mass is 127. The van der Waals surface area contributed by atoms with Crippen molar-refractivity contribution in [3.8, 4) is 0 Å². The molecule has 84 valence electrons. The van der Waals surface area contributed by atoms with Crippen molar-refractivity contribution in [3.63, 3.8) is 0 Å². The molecule has 0 saturated heterocycles. The number of ether oxygens (including phenoxy) is 1. The van der Waals surface area contributed by atoms with E-state index in [1.165, 1.54) is 10.8 Å². The van der Waals surface area contributed by atoms with Crippen molar-refractivity contribution in [2.75, 3.05) is 19.8 Å². The monoisotopic (exact) mass is 326 g/mol. The normalized spacial score (nSPS) is 10.5. The first-order valence-corrected chi connectivity index (χ1v) is 5.41. The predicted molar refractivity (Wildman–Crippen MR) is 61.9 cm³/mol. The zero-order valence-electron chi connectivity index (χ0n) is 7.90. The van der Waals surface area contributed by atoms with Crippen molar-refractivity contribution in [1.29, 1.82) is 0 Å². The minimum atomic E-state index is -0.451. The van der Waals surface area contributed by atoms with E-state index >= 15 is 0 Å². The number of aliphatic hydroxyl groups is 1. The molecule has 0 radical (unpaired) electrons. The number of aromatic amines is 1. The molecular formula is C8H11IN2O4. The second kappa shape index (κ2) is 6.03. The summed E-state index contributed by atoms with van der Waals surface area (Å²) in [5, 5.41) is 8.46. The fourth-order valence-corrected chi connectivity index (χ4v) is 1.45. The van der Waals surface area contributed by atoms with Gasteiger partial charge in [0.05, 0.1) is 29.9 Å². The van der Waals surface area contributed by atoms with Crippen molar-refractivity contribution in [2.45, 2.75) is 6.54 Å². The van der Waals surface area contributed by atoms with E-state index in [9.17, 15) is 9.59 Å².